The van der Waals surface area contributed by atoms with Crippen molar-refractivity contribution in [2.24, 2.45) is 22.2 Å². The van der Waals surface area contributed by atoms with E-state index in [0.29, 0.717) is 5.41 Å². The number of rotatable bonds is 7. The van der Waals surface area contributed by atoms with Gasteiger partial charge in [-0.2, -0.15) is 5.26 Å². The zero-order valence-corrected chi connectivity index (χ0v) is 16.3. The van der Waals surface area contributed by atoms with Gasteiger partial charge in [-0.3, -0.25) is 0 Å². The van der Waals surface area contributed by atoms with Gasteiger partial charge in [0, 0.05) is 0 Å². The maximum absolute atomic E-state index is 9.69. The van der Waals surface area contributed by atoms with Crippen LogP contribution in [0.2, 0.25) is 0 Å². The van der Waals surface area contributed by atoms with Crippen molar-refractivity contribution in [3.63, 3.8) is 0 Å². The molecule has 4 fully saturated rings. The predicted octanol–water partition coefficient (Wildman–Crippen LogP) is 7.41. The van der Waals surface area contributed by atoms with Gasteiger partial charge in [-0.15, -0.1) is 0 Å². The van der Waals surface area contributed by atoms with Crippen molar-refractivity contribution in [1.82, 2.24) is 0 Å². The molecule has 136 valence electrons. The Bertz CT molecular complexity index is 425. The van der Waals surface area contributed by atoms with Crippen LogP contribution >= 0.6 is 0 Å². The molecule has 0 aromatic carbocycles. The second-order valence-corrected chi connectivity index (χ2v) is 9.74. The van der Waals surface area contributed by atoms with E-state index in [1.165, 1.54) is 96.3 Å². The highest BCUT2D eigenvalue weighted by Crippen LogP contribution is 2.64. The molecule has 0 aliphatic heterocycles. The minimum Gasteiger partial charge on any atom is -0.198 e. The first-order valence-electron chi connectivity index (χ1n) is 11.0. The van der Waals surface area contributed by atoms with Crippen LogP contribution in [0.25, 0.3) is 0 Å². The van der Waals surface area contributed by atoms with Gasteiger partial charge in [0.25, 0.3) is 0 Å². The van der Waals surface area contributed by atoms with Gasteiger partial charge in [0.1, 0.15) is 0 Å². The SMILES string of the molecule is CCCCCC12CCC([C@H]3CC[C@@](C#N)(CCC)CC3)(CC1)CC2. The Balaban J connectivity index is 1.56. The Morgan fingerprint density at radius 3 is 1.92 bits per heavy atom. The third kappa shape index (κ3) is 3.40. The lowest BCUT2D eigenvalue weighted by molar-refractivity contribution is -0.0689. The molecule has 1 heteroatoms. The summed E-state index contributed by atoms with van der Waals surface area (Å²) in [5.74, 6) is 0.935. The van der Waals surface area contributed by atoms with Crippen LogP contribution in [0.1, 0.15) is 117 Å². The van der Waals surface area contributed by atoms with E-state index >= 15 is 0 Å². The molecule has 0 radical (unpaired) electrons. The number of hydrogen-bond acceptors (Lipinski definition) is 1. The highest BCUT2D eigenvalue weighted by atomic mass is 14.6. The second-order valence-electron chi connectivity index (χ2n) is 9.74. The summed E-state index contributed by atoms with van der Waals surface area (Å²) in [6.45, 7) is 4.57. The number of nitrogens with zero attached hydrogens (tertiary/aromatic N) is 1. The topological polar surface area (TPSA) is 23.8 Å². The minimum atomic E-state index is 0.0368. The number of unbranched alkanes of at least 4 members (excludes halogenated alkanes) is 2. The van der Waals surface area contributed by atoms with E-state index in [4.69, 9.17) is 0 Å². The molecule has 0 saturated heterocycles. The molecule has 0 spiro atoms. The van der Waals surface area contributed by atoms with Gasteiger partial charge in [0.05, 0.1) is 11.5 Å². The zero-order chi connectivity index (χ0) is 17.1. The Hall–Kier alpha value is -0.510. The van der Waals surface area contributed by atoms with Gasteiger partial charge in [0.2, 0.25) is 0 Å². The molecular formula is C23H39N. The van der Waals surface area contributed by atoms with Crippen molar-refractivity contribution in [2.45, 2.75) is 117 Å². The standard InChI is InChI=1S/C23H39N/c1-3-5-6-10-21-13-16-23(17-14-21,18-15-21)20-7-11-22(19-24,9-4-2)12-8-20/h20H,3-18H2,1-2H3/t20-,21?,22-,23?. The molecule has 0 N–H and O–H groups in total. The fourth-order valence-corrected chi connectivity index (χ4v) is 6.71. The molecule has 0 aromatic rings. The molecule has 1 nitrogen and oxygen atoms in total. The maximum Gasteiger partial charge on any atom is 0.0689 e. The molecular weight excluding hydrogens is 290 g/mol. The summed E-state index contributed by atoms with van der Waals surface area (Å²) in [5.41, 5.74) is 1.46. The second kappa shape index (κ2) is 7.39. The van der Waals surface area contributed by atoms with E-state index in [1.807, 2.05) is 0 Å². The zero-order valence-electron chi connectivity index (χ0n) is 16.3. The Labute approximate surface area is 150 Å². The lowest BCUT2D eigenvalue weighted by atomic mass is 9.47. The number of nitriles is 1. The van der Waals surface area contributed by atoms with Crippen LogP contribution in [-0.4, -0.2) is 0 Å². The van der Waals surface area contributed by atoms with E-state index in [0.717, 1.165) is 17.8 Å². The van der Waals surface area contributed by atoms with E-state index in [-0.39, 0.29) is 5.41 Å². The third-order valence-electron chi connectivity index (χ3n) is 8.54. The van der Waals surface area contributed by atoms with Crippen LogP contribution in [0, 0.1) is 33.5 Å². The van der Waals surface area contributed by atoms with Gasteiger partial charge in [-0.1, -0.05) is 39.5 Å². The lowest BCUT2D eigenvalue weighted by Crippen LogP contribution is -2.47. The summed E-state index contributed by atoms with van der Waals surface area (Å²) >= 11 is 0. The molecule has 2 bridgehead atoms. The molecule has 24 heavy (non-hydrogen) atoms. The normalized spacial score (nSPS) is 42.0. The van der Waals surface area contributed by atoms with Gasteiger partial charge < -0.3 is 0 Å². The quantitative estimate of drug-likeness (QED) is 0.446. The average molecular weight is 330 g/mol. The first-order valence-corrected chi connectivity index (χ1v) is 11.0. The molecule has 4 rings (SSSR count). The number of fused-ring (bicyclic) bond motifs is 3. The summed E-state index contributed by atoms with van der Waals surface area (Å²) < 4.78 is 0. The van der Waals surface area contributed by atoms with Crippen LogP contribution < -0.4 is 0 Å². The Kier molecular flexibility index (Phi) is 5.63. The maximum atomic E-state index is 9.69. The van der Waals surface area contributed by atoms with Crippen molar-refractivity contribution in [3.8, 4) is 6.07 Å². The highest BCUT2D eigenvalue weighted by molar-refractivity contribution is 5.07. The molecule has 0 atom stereocenters. The largest absolute Gasteiger partial charge is 0.198 e. The molecule has 4 aliphatic rings. The smallest absolute Gasteiger partial charge is 0.0689 e. The van der Waals surface area contributed by atoms with E-state index < -0.39 is 0 Å². The van der Waals surface area contributed by atoms with Gasteiger partial charge in [-0.25, -0.2) is 0 Å². The van der Waals surface area contributed by atoms with Crippen LogP contribution in [0.3, 0.4) is 0 Å². The van der Waals surface area contributed by atoms with Crippen molar-refractivity contribution < 1.29 is 0 Å². The van der Waals surface area contributed by atoms with Crippen molar-refractivity contribution in [2.75, 3.05) is 0 Å². The fourth-order valence-electron chi connectivity index (χ4n) is 6.71. The van der Waals surface area contributed by atoms with E-state index in [9.17, 15) is 5.26 Å². The molecule has 0 heterocycles. The average Bonchev–Trinajstić information content (AvgIpc) is 2.64. The van der Waals surface area contributed by atoms with Crippen molar-refractivity contribution >= 4 is 0 Å². The van der Waals surface area contributed by atoms with E-state index in [2.05, 4.69) is 19.9 Å². The predicted molar refractivity (Wildman–Crippen MR) is 102 cm³/mol. The van der Waals surface area contributed by atoms with Crippen molar-refractivity contribution in [1.29, 1.82) is 5.26 Å². The van der Waals surface area contributed by atoms with Gasteiger partial charge in [0.15, 0.2) is 0 Å². The van der Waals surface area contributed by atoms with Crippen LogP contribution in [0.5, 0.6) is 0 Å². The summed E-state index contributed by atoms with van der Waals surface area (Å²) in [6.07, 6.45) is 22.2. The molecule has 0 aromatic heterocycles. The van der Waals surface area contributed by atoms with Crippen LogP contribution in [0.4, 0.5) is 0 Å². The lowest BCUT2D eigenvalue weighted by Gasteiger charge is -2.58. The summed E-state index contributed by atoms with van der Waals surface area (Å²) in [6, 6.07) is 2.72. The monoisotopic (exact) mass is 329 g/mol. The first-order chi connectivity index (χ1) is 11.6. The Morgan fingerprint density at radius 2 is 1.42 bits per heavy atom. The van der Waals surface area contributed by atoms with E-state index in [1.54, 1.807) is 0 Å². The summed E-state index contributed by atoms with van der Waals surface area (Å²) in [4.78, 5) is 0. The van der Waals surface area contributed by atoms with Crippen LogP contribution in [-0.2, 0) is 0 Å². The Morgan fingerprint density at radius 1 is 0.792 bits per heavy atom. The fraction of sp³-hybridized carbons (Fsp3) is 0.957. The molecule has 0 amide bonds. The molecule has 0 unspecified atom stereocenters. The first kappa shape index (κ1) is 18.3. The van der Waals surface area contributed by atoms with Gasteiger partial charge in [-0.05, 0) is 93.8 Å². The van der Waals surface area contributed by atoms with Crippen LogP contribution in [0.15, 0.2) is 0 Å². The van der Waals surface area contributed by atoms with Crippen molar-refractivity contribution in [3.05, 3.63) is 0 Å². The van der Waals surface area contributed by atoms with Gasteiger partial charge >= 0.3 is 0 Å². The number of hydrogen-bond donors (Lipinski definition) is 0. The third-order valence-corrected chi connectivity index (χ3v) is 8.54. The minimum absolute atomic E-state index is 0.0368. The highest BCUT2D eigenvalue weighted by Gasteiger charge is 2.52. The summed E-state index contributed by atoms with van der Waals surface area (Å²) in [7, 11) is 0. The molecule has 4 aliphatic carbocycles. The molecule has 4 saturated carbocycles. The summed E-state index contributed by atoms with van der Waals surface area (Å²) in [5, 5.41) is 9.69.